The average molecular weight is 1120 g/mol. The summed E-state index contributed by atoms with van der Waals surface area (Å²) >= 11 is 0. The number of hydrogen-bond donors (Lipinski definition) is 11. The van der Waals surface area contributed by atoms with E-state index in [2.05, 4.69) is 54.5 Å². The SMILES string of the molecule is COc1cc(CCC(=O)O[C@@H]2[C@H](OC(=O)[C@@]34CCC(C)(C)C[C@H]3C3=CC[C@H]5[C@@]6(C)CC[C@H](O[C@H]7O[C@H](C(=O)O)[C@H](O)[C@@H](O)[C@@H]7O)C(C)(C)[C@H]6CC[C@]5(C)[C@@]3(C)C[C@H]4O)OC[C@@H](O)[C@H]2O[C@@H]2O[C@H](CO)[C@H](O)[C@H](O)[C@H]2O)ccc1O. The number of aryl methyl sites for hydroxylation is 1. The van der Waals surface area contributed by atoms with Crippen LogP contribution in [0.25, 0.3) is 0 Å². The Hall–Kier alpha value is -3.59. The number of carbonyl (C=O) groups is 3. The minimum atomic E-state index is -1.91. The topological polar surface area (TPSA) is 348 Å². The number of allylic oxidation sites excluding steroid dienone is 2. The van der Waals surface area contributed by atoms with E-state index in [-0.39, 0.29) is 59.8 Å². The maximum Gasteiger partial charge on any atom is 0.335 e. The van der Waals surface area contributed by atoms with Gasteiger partial charge < -0.3 is 94.1 Å². The second-order valence-corrected chi connectivity index (χ2v) is 26.1. The number of phenols is 1. The van der Waals surface area contributed by atoms with Crippen molar-refractivity contribution in [3.05, 3.63) is 35.4 Å². The van der Waals surface area contributed by atoms with E-state index in [4.69, 9.17) is 37.9 Å². The number of ether oxygens (including phenoxy) is 8. The van der Waals surface area contributed by atoms with Gasteiger partial charge in [-0.2, -0.15) is 0 Å². The first-order valence-corrected chi connectivity index (χ1v) is 28.0. The number of rotatable bonds is 13. The summed E-state index contributed by atoms with van der Waals surface area (Å²) in [6.07, 6.45) is -18.8. The lowest BCUT2D eigenvalue weighted by atomic mass is 9.33. The summed E-state index contributed by atoms with van der Waals surface area (Å²) < 4.78 is 47.4. The van der Waals surface area contributed by atoms with Crippen molar-refractivity contribution in [3.8, 4) is 11.5 Å². The molecule has 1 aromatic rings. The molecule has 3 heterocycles. The lowest BCUT2D eigenvalue weighted by Crippen LogP contribution is -2.68. The monoisotopic (exact) mass is 1120 g/mol. The number of aliphatic hydroxyl groups excluding tert-OH is 9. The number of benzene rings is 1. The quantitative estimate of drug-likeness (QED) is 0.0761. The Morgan fingerprint density at radius 1 is 0.734 bits per heavy atom. The van der Waals surface area contributed by atoms with Crippen molar-refractivity contribution < 1.29 is 108 Å². The summed E-state index contributed by atoms with van der Waals surface area (Å²) in [5, 5.41) is 118. The van der Waals surface area contributed by atoms with Crippen LogP contribution in [0.4, 0.5) is 0 Å². The van der Waals surface area contributed by atoms with Crippen LogP contribution in [0.3, 0.4) is 0 Å². The smallest absolute Gasteiger partial charge is 0.335 e. The van der Waals surface area contributed by atoms with E-state index in [0.717, 1.165) is 18.4 Å². The Labute approximate surface area is 459 Å². The van der Waals surface area contributed by atoms with Crippen molar-refractivity contribution >= 4 is 17.9 Å². The zero-order valence-electron chi connectivity index (χ0n) is 46.4. The highest BCUT2D eigenvalue weighted by molar-refractivity contribution is 5.80. The molecule has 4 saturated carbocycles. The van der Waals surface area contributed by atoms with Crippen LogP contribution in [0.1, 0.15) is 118 Å². The van der Waals surface area contributed by atoms with Crippen molar-refractivity contribution in [3.63, 3.8) is 0 Å². The van der Waals surface area contributed by atoms with E-state index in [1.807, 2.05) is 0 Å². The summed E-state index contributed by atoms with van der Waals surface area (Å²) in [4.78, 5) is 41.5. The fourth-order valence-electron chi connectivity index (χ4n) is 16.3. The van der Waals surface area contributed by atoms with Crippen LogP contribution in [0.5, 0.6) is 11.5 Å². The van der Waals surface area contributed by atoms with Crippen LogP contribution in [-0.4, -0.2) is 193 Å². The second kappa shape index (κ2) is 21.9. The molecule has 3 aliphatic heterocycles. The van der Waals surface area contributed by atoms with Gasteiger partial charge in [-0.3, -0.25) is 9.59 Å². The molecule has 5 aliphatic carbocycles. The third-order valence-electron chi connectivity index (χ3n) is 21.0. The molecule has 9 rings (SSSR count). The molecule has 22 heteroatoms. The van der Waals surface area contributed by atoms with Crippen LogP contribution < -0.4 is 4.74 Å². The molecule has 0 aromatic heterocycles. The van der Waals surface area contributed by atoms with Crippen molar-refractivity contribution in [2.45, 2.75) is 217 Å². The van der Waals surface area contributed by atoms with Crippen LogP contribution in [0, 0.1) is 50.2 Å². The molecule has 0 unspecified atom stereocenters. The van der Waals surface area contributed by atoms with Crippen molar-refractivity contribution in [1.82, 2.24) is 0 Å². The maximum atomic E-state index is 15.6. The molecule has 0 bridgehead atoms. The van der Waals surface area contributed by atoms with Gasteiger partial charge in [-0.25, -0.2) is 4.79 Å². The van der Waals surface area contributed by atoms with Crippen LogP contribution in [-0.2, 0) is 54.0 Å². The molecular weight excluding hydrogens is 1040 g/mol. The zero-order valence-corrected chi connectivity index (χ0v) is 46.4. The largest absolute Gasteiger partial charge is 0.504 e. The van der Waals surface area contributed by atoms with Gasteiger partial charge in [-0.15, -0.1) is 0 Å². The van der Waals surface area contributed by atoms with Gasteiger partial charge in [0, 0.05) is 6.42 Å². The number of fused-ring (bicyclic) bond motifs is 7. The Bertz CT molecular complexity index is 2450. The van der Waals surface area contributed by atoms with Gasteiger partial charge in [-0.05, 0) is 127 Å². The molecule has 444 valence electrons. The highest BCUT2D eigenvalue weighted by Gasteiger charge is 2.72. The summed E-state index contributed by atoms with van der Waals surface area (Å²) in [5.41, 5.74) is -1.97. The van der Waals surface area contributed by atoms with Crippen LogP contribution in [0.15, 0.2) is 29.8 Å². The van der Waals surface area contributed by atoms with Gasteiger partial charge in [0.2, 0.25) is 6.29 Å². The standard InChI is InChI=1S/C57H84O22/c1-52(2)19-20-57(51(71)79-50-46(76-37(62)14-10-26-9-12-29(59)31(21-26)72-8)44(30(60)25-73-50)77-48-42(67)39(64)38(63)32(24-58)74-48)28(22-52)27-11-13-34-54(5)17-16-36(75-49-43(68)40(65)41(66)45(78-49)47(69)70)53(3,4)33(54)15-18-55(34,6)56(27,7)23-35(57)61/h9,11-12,21,28,30,32-36,38-46,48-50,58-61,63-68H,10,13-20,22-25H2,1-8H3,(H,69,70)/t28-,30+,32+,33+,34-,35+,36-,38-,39-,40+,41+,42+,43-,44+,45-,46-,48-,49-,50-,54-,55-,56-,57-/m0/s1. The van der Waals surface area contributed by atoms with E-state index in [0.29, 0.717) is 37.7 Å². The normalized spacial score (nSPS) is 46.2. The molecule has 0 spiro atoms. The fraction of sp³-hybridized carbons (Fsp3) is 0.807. The predicted molar refractivity (Wildman–Crippen MR) is 273 cm³/mol. The number of esters is 2. The molecule has 79 heavy (non-hydrogen) atoms. The van der Waals surface area contributed by atoms with Crippen molar-refractivity contribution in [2.75, 3.05) is 20.3 Å². The number of phenolic OH excluding ortho intramolecular Hbond substituents is 1. The molecule has 7 fully saturated rings. The third kappa shape index (κ3) is 10.1. The van der Waals surface area contributed by atoms with Gasteiger partial charge in [0.15, 0.2) is 36.3 Å². The number of carbonyl (C=O) groups excluding carboxylic acids is 2. The van der Waals surface area contributed by atoms with Gasteiger partial charge >= 0.3 is 17.9 Å². The van der Waals surface area contributed by atoms with Crippen molar-refractivity contribution in [2.24, 2.45) is 50.2 Å². The van der Waals surface area contributed by atoms with E-state index < -0.39 is 157 Å². The molecule has 8 aliphatic rings. The number of aliphatic hydroxyl groups is 9. The molecule has 23 atom stereocenters. The molecule has 0 radical (unpaired) electrons. The molecule has 22 nitrogen and oxygen atoms in total. The number of aliphatic carboxylic acids is 1. The van der Waals surface area contributed by atoms with Gasteiger partial charge in [0.1, 0.15) is 60.4 Å². The lowest BCUT2D eigenvalue weighted by Gasteiger charge is -2.71. The molecule has 1 aromatic carbocycles. The molecule has 3 saturated heterocycles. The zero-order chi connectivity index (χ0) is 57.7. The Balaban J connectivity index is 0.995. The Morgan fingerprint density at radius 2 is 1.42 bits per heavy atom. The van der Waals surface area contributed by atoms with E-state index in [9.17, 15) is 65.8 Å². The first-order valence-electron chi connectivity index (χ1n) is 28.0. The van der Waals surface area contributed by atoms with Gasteiger partial charge in [0.25, 0.3) is 0 Å². The second-order valence-electron chi connectivity index (χ2n) is 26.1. The molecule has 0 amide bonds. The number of methoxy groups -OCH3 is 1. The highest BCUT2D eigenvalue weighted by Crippen LogP contribution is 2.76. The summed E-state index contributed by atoms with van der Waals surface area (Å²) in [6.45, 7) is 14.0. The number of hydrogen-bond acceptors (Lipinski definition) is 21. The molecular formula is C57H84O22. The number of carboxylic acids is 1. The minimum absolute atomic E-state index is 0.0685. The van der Waals surface area contributed by atoms with Gasteiger partial charge in [-0.1, -0.05) is 66.2 Å². The Morgan fingerprint density at radius 3 is 2.09 bits per heavy atom. The first kappa shape index (κ1) is 60.0. The highest BCUT2D eigenvalue weighted by atomic mass is 16.8. The van der Waals surface area contributed by atoms with E-state index in [1.54, 1.807) is 12.1 Å². The summed E-state index contributed by atoms with van der Waals surface area (Å²) in [5.74, 6) is -3.44. The number of aromatic hydroxyl groups is 1. The average Bonchev–Trinajstić information content (AvgIpc) is 3.41. The Kier molecular flexibility index (Phi) is 16.6. The van der Waals surface area contributed by atoms with Crippen LogP contribution >= 0.6 is 0 Å². The van der Waals surface area contributed by atoms with Crippen LogP contribution in [0.2, 0.25) is 0 Å². The van der Waals surface area contributed by atoms with Crippen molar-refractivity contribution in [1.29, 1.82) is 0 Å². The van der Waals surface area contributed by atoms with E-state index >= 15 is 4.79 Å². The third-order valence-corrected chi connectivity index (χ3v) is 21.0. The molecule has 11 N–H and O–H groups in total. The first-order chi connectivity index (χ1) is 37.0. The van der Waals surface area contributed by atoms with E-state index in [1.165, 1.54) is 13.2 Å². The lowest BCUT2D eigenvalue weighted by molar-refractivity contribution is -0.347. The number of carboxylic acid groups (broad SMARTS) is 1. The predicted octanol–water partition coefficient (Wildman–Crippen LogP) is 1.74. The summed E-state index contributed by atoms with van der Waals surface area (Å²) in [6, 6.07) is 4.55. The minimum Gasteiger partial charge on any atom is -0.504 e. The van der Waals surface area contributed by atoms with Gasteiger partial charge in [0.05, 0.1) is 32.5 Å². The maximum absolute atomic E-state index is 15.6. The summed E-state index contributed by atoms with van der Waals surface area (Å²) in [7, 11) is 1.38. The fourth-order valence-corrected chi connectivity index (χ4v) is 16.3.